The molecule has 0 radical (unpaired) electrons. The molecule has 0 amide bonds. The molecule has 2 aliphatic heterocycles. The van der Waals surface area contributed by atoms with Crippen molar-refractivity contribution in [2.45, 2.75) is 45.8 Å². The average Bonchev–Trinajstić information content (AvgIpc) is 3.47. The van der Waals surface area contributed by atoms with Crippen molar-refractivity contribution in [1.82, 2.24) is 9.88 Å². The number of aromatic nitrogens is 1. The van der Waals surface area contributed by atoms with Crippen LogP contribution in [0.5, 0.6) is 0 Å². The standard InChI is InChI=1S/C30H35N3O3S/c1-30(2)16-24-27(29(33-10-12-36-13-11-33)37-28(24)26(35)17-30)22-6-8-31-25(15-22)21-5-3-4-20(14-21)18-32-9-7-23(34)19-32/h3-6,8,14-15,23,34H,7,9-13,16-19H2,1-2H3/t23-/m0/s1. The van der Waals surface area contributed by atoms with Crippen LogP contribution in [0, 0.1) is 5.41 Å². The van der Waals surface area contributed by atoms with E-state index >= 15 is 0 Å². The van der Waals surface area contributed by atoms with Gasteiger partial charge >= 0.3 is 0 Å². The number of ketones is 1. The summed E-state index contributed by atoms with van der Waals surface area (Å²) >= 11 is 1.67. The van der Waals surface area contributed by atoms with Crippen LogP contribution in [0.4, 0.5) is 5.00 Å². The van der Waals surface area contributed by atoms with Crippen LogP contribution in [0.15, 0.2) is 42.6 Å². The number of morpholine rings is 1. The molecule has 0 bridgehead atoms. The van der Waals surface area contributed by atoms with Gasteiger partial charge in [0, 0.05) is 56.5 Å². The third kappa shape index (κ3) is 5.10. The fourth-order valence-electron chi connectivity index (χ4n) is 5.98. The van der Waals surface area contributed by atoms with Crippen LogP contribution in [0.25, 0.3) is 22.4 Å². The molecule has 3 aromatic rings. The number of likely N-dealkylation sites (tertiary alicyclic amines) is 1. The molecule has 6 rings (SSSR count). The fourth-order valence-corrected chi connectivity index (χ4v) is 7.31. The van der Waals surface area contributed by atoms with Crippen LogP contribution in [0.3, 0.4) is 0 Å². The number of benzene rings is 1. The number of hydrogen-bond donors (Lipinski definition) is 1. The van der Waals surface area contributed by atoms with Gasteiger partial charge in [-0.2, -0.15) is 0 Å². The number of carbonyl (C=O) groups is 1. The first kappa shape index (κ1) is 24.7. The molecule has 1 atom stereocenters. The predicted molar refractivity (Wildman–Crippen MR) is 148 cm³/mol. The van der Waals surface area contributed by atoms with Crippen molar-refractivity contribution < 1.29 is 14.6 Å². The van der Waals surface area contributed by atoms with Crippen molar-refractivity contribution in [2.24, 2.45) is 5.41 Å². The number of aliphatic hydroxyl groups excluding tert-OH is 1. The predicted octanol–water partition coefficient (Wildman–Crippen LogP) is 5.04. The van der Waals surface area contributed by atoms with E-state index in [1.807, 2.05) is 6.20 Å². The second-order valence-electron chi connectivity index (χ2n) is 11.4. The van der Waals surface area contributed by atoms with Gasteiger partial charge in [0.2, 0.25) is 0 Å². The van der Waals surface area contributed by atoms with E-state index in [0.29, 0.717) is 19.6 Å². The van der Waals surface area contributed by atoms with Crippen molar-refractivity contribution in [1.29, 1.82) is 0 Å². The smallest absolute Gasteiger partial charge is 0.173 e. The molecule has 1 aliphatic carbocycles. The van der Waals surface area contributed by atoms with Gasteiger partial charge in [-0.25, -0.2) is 0 Å². The highest BCUT2D eigenvalue weighted by Gasteiger charge is 2.37. The number of nitrogens with zero attached hydrogens (tertiary/aromatic N) is 3. The Bertz CT molecular complexity index is 1310. The maximum atomic E-state index is 13.2. The molecule has 3 aliphatic rings. The summed E-state index contributed by atoms with van der Waals surface area (Å²) in [5, 5.41) is 11.1. The molecule has 0 unspecified atom stereocenters. The lowest BCUT2D eigenvalue weighted by atomic mass is 9.75. The lowest BCUT2D eigenvalue weighted by Gasteiger charge is -2.30. The van der Waals surface area contributed by atoms with Gasteiger partial charge < -0.3 is 14.7 Å². The van der Waals surface area contributed by atoms with Crippen molar-refractivity contribution in [3.63, 3.8) is 0 Å². The van der Waals surface area contributed by atoms with E-state index in [-0.39, 0.29) is 17.3 Å². The molecule has 4 heterocycles. The Kier molecular flexibility index (Phi) is 6.65. The second kappa shape index (κ2) is 9.95. The lowest BCUT2D eigenvalue weighted by Crippen LogP contribution is -2.36. The molecule has 2 aromatic heterocycles. The normalized spacial score (nSPS) is 21.9. The molecule has 2 saturated heterocycles. The average molecular weight is 518 g/mol. The number of carbonyl (C=O) groups excluding carboxylic acids is 1. The first-order valence-corrected chi connectivity index (χ1v) is 14.2. The van der Waals surface area contributed by atoms with Gasteiger partial charge in [0.15, 0.2) is 5.78 Å². The van der Waals surface area contributed by atoms with Gasteiger partial charge in [-0.05, 0) is 53.1 Å². The van der Waals surface area contributed by atoms with E-state index in [2.05, 4.69) is 60.0 Å². The van der Waals surface area contributed by atoms with Gasteiger partial charge in [-0.3, -0.25) is 14.7 Å². The summed E-state index contributed by atoms with van der Waals surface area (Å²) in [6, 6.07) is 12.9. The summed E-state index contributed by atoms with van der Waals surface area (Å²) < 4.78 is 5.63. The Morgan fingerprint density at radius 1 is 1.11 bits per heavy atom. The Balaban J connectivity index is 1.39. The highest BCUT2D eigenvalue weighted by molar-refractivity contribution is 7.19. The highest BCUT2D eigenvalue weighted by Crippen LogP contribution is 2.49. The van der Waals surface area contributed by atoms with Gasteiger partial charge in [0.05, 0.1) is 34.9 Å². The van der Waals surface area contributed by atoms with E-state index in [9.17, 15) is 9.90 Å². The first-order chi connectivity index (χ1) is 17.9. The summed E-state index contributed by atoms with van der Waals surface area (Å²) in [4.78, 5) is 23.6. The Morgan fingerprint density at radius 2 is 1.95 bits per heavy atom. The molecule has 0 spiro atoms. The Labute approximate surface area is 222 Å². The lowest BCUT2D eigenvalue weighted by molar-refractivity contribution is 0.0918. The monoisotopic (exact) mass is 517 g/mol. The Hall–Kier alpha value is -2.58. The third-order valence-corrected chi connectivity index (χ3v) is 9.09. The molecule has 37 heavy (non-hydrogen) atoms. The summed E-state index contributed by atoms with van der Waals surface area (Å²) in [6.07, 6.45) is 4.04. The highest BCUT2D eigenvalue weighted by atomic mass is 32.1. The molecule has 1 N–H and O–H groups in total. The van der Waals surface area contributed by atoms with Gasteiger partial charge in [0.25, 0.3) is 0 Å². The van der Waals surface area contributed by atoms with Crippen LogP contribution in [-0.4, -0.2) is 66.3 Å². The zero-order chi connectivity index (χ0) is 25.6. The maximum Gasteiger partial charge on any atom is 0.173 e. The number of ether oxygens (including phenoxy) is 1. The molecule has 2 fully saturated rings. The van der Waals surface area contributed by atoms with E-state index in [0.717, 1.165) is 67.3 Å². The summed E-state index contributed by atoms with van der Waals surface area (Å²) in [5.74, 6) is 0.269. The molecule has 7 heteroatoms. The maximum absolute atomic E-state index is 13.2. The summed E-state index contributed by atoms with van der Waals surface area (Å²) in [7, 11) is 0. The van der Waals surface area contributed by atoms with Crippen molar-refractivity contribution in [3.05, 3.63) is 58.6 Å². The number of anilines is 1. The third-order valence-electron chi connectivity index (χ3n) is 7.76. The van der Waals surface area contributed by atoms with Crippen LogP contribution < -0.4 is 4.90 Å². The van der Waals surface area contributed by atoms with Gasteiger partial charge in [0.1, 0.15) is 0 Å². The molecular weight excluding hydrogens is 482 g/mol. The van der Waals surface area contributed by atoms with Crippen molar-refractivity contribution >= 4 is 22.1 Å². The quantitative estimate of drug-likeness (QED) is 0.512. The first-order valence-electron chi connectivity index (χ1n) is 13.3. The minimum absolute atomic E-state index is 0.0461. The number of Topliss-reactive ketones (excluding diaryl/α,β-unsaturated/α-hetero) is 1. The van der Waals surface area contributed by atoms with Gasteiger partial charge in [-0.15, -0.1) is 11.3 Å². The van der Waals surface area contributed by atoms with Gasteiger partial charge in [-0.1, -0.05) is 32.0 Å². The van der Waals surface area contributed by atoms with Crippen molar-refractivity contribution in [2.75, 3.05) is 44.3 Å². The number of aliphatic hydroxyl groups is 1. The van der Waals surface area contributed by atoms with Crippen LogP contribution in [0.1, 0.15) is 47.5 Å². The molecule has 0 saturated carbocycles. The zero-order valence-corrected chi connectivity index (χ0v) is 22.5. The number of hydrogen-bond acceptors (Lipinski definition) is 7. The van der Waals surface area contributed by atoms with E-state index in [1.54, 1.807) is 11.3 Å². The fraction of sp³-hybridized carbons (Fsp3) is 0.467. The van der Waals surface area contributed by atoms with E-state index < -0.39 is 0 Å². The molecule has 1 aromatic carbocycles. The SMILES string of the molecule is CC1(C)CC(=O)c2sc(N3CCOCC3)c(-c3ccnc(-c4cccc(CN5CC[C@H](O)C5)c4)c3)c2C1. The van der Waals surface area contributed by atoms with E-state index in [1.165, 1.54) is 21.7 Å². The summed E-state index contributed by atoms with van der Waals surface area (Å²) in [5.41, 5.74) is 6.74. The molecular formula is C30H35N3O3S. The number of fused-ring (bicyclic) bond motifs is 1. The van der Waals surface area contributed by atoms with Crippen LogP contribution >= 0.6 is 11.3 Å². The molecule has 194 valence electrons. The minimum Gasteiger partial charge on any atom is -0.392 e. The molecule has 6 nitrogen and oxygen atoms in total. The minimum atomic E-state index is -0.212. The van der Waals surface area contributed by atoms with E-state index in [4.69, 9.17) is 9.72 Å². The van der Waals surface area contributed by atoms with Crippen LogP contribution in [-0.2, 0) is 17.7 Å². The second-order valence-corrected chi connectivity index (χ2v) is 12.4. The Morgan fingerprint density at radius 3 is 2.73 bits per heavy atom. The largest absolute Gasteiger partial charge is 0.392 e. The number of β-amino-alcohol motifs (C(OH)–C–C–N with tert-alkyl or cyclic N) is 1. The van der Waals surface area contributed by atoms with Crippen LogP contribution in [0.2, 0.25) is 0 Å². The number of pyridine rings is 1. The van der Waals surface area contributed by atoms with Crippen molar-refractivity contribution in [3.8, 4) is 22.4 Å². The topological polar surface area (TPSA) is 65.9 Å². The zero-order valence-electron chi connectivity index (χ0n) is 21.7. The number of rotatable bonds is 5. The summed E-state index contributed by atoms with van der Waals surface area (Å²) in [6.45, 7) is 10.0. The number of thiophene rings is 1.